The first-order chi connectivity index (χ1) is 8.63. The molecule has 0 aromatic heterocycles. The van der Waals surface area contributed by atoms with Crippen LogP contribution in [-0.2, 0) is 6.42 Å². The number of benzene rings is 1. The molecular formula is C15H19NO2. The maximum absolute atomic E-state index is 10.4. The molecule has 0 radical (unpaired) electrons. The highest BCUT2D eigenvalue weighted by Gasteiger charge is 2.44. The normalized spacial score (nSPS) is 25.4. The smallest absolute Gasteiger partial charge is 0.122 e. The predicted octanol–water partition coefficient (Wildman–Crippen LogP) is 2.54. The summed E-state index contributed by atoms with van der Waals surface area (Å²) in [5.41, 5.74) is 0.191. The van der Waals surface area contributed by atoms with Crippen molar-refractivity contribution < 1.29 is 9.84 Å². The SMILES string of the molecule is CCC(C)C(O)C1(C#N)COc2ccccc2C1. The Morgan fingerprint density at radius 2 is 2.22 bits per heavy atom. The largest absolute Gasteiger partial charge is 0.492 e. The Balaban J connectivity index is 2.30. The summed E-state index contributed by atoms with van der Waals surface area (Å²) >= 11 is 0. The van der Waals surface area contributed by atoms with Gasteiger partial charge in [0, 0.05) is 6.42 Å². The molecule has 3 heteroatoms. The molecule has 0 saturated heterocycles. The summed E-state index contributed by atoms with van der Waals surface area (Å²) in [6.07, 6.45) is 0.762. The van der Waals surface area contributed by atoms with Crippen molar-refractivity contribution in [1.82, 2.24) is 0 Å². The lowest BCUT2D eigenvalue weighted by atomic mass is 9.72. The van der Waals surface area contributed by atoms with E-state index in [0.717, 1.165) is 17.7 Å². The van der Waals surface area contributed by atoms with Gasteiger partial charge in [-0.25, -0.2) is 0 Å². The number of hydrogen-bond acceptors (Lipinski definition) is 3. The summed E-state index contributed by atoms with van der Waals surface area (Å²) in [6.45, 7) is 4.27. The molecule has 1 N–H and O–H groups in total. The minimum atomic E-state index is -0.816. The van der Waals surface area contributed by atoms with E-state index in [0.29, 0.717) is 6.42 Å². The first-order valence-corrected chi connectivity index (χ1v) is 6.43. The van der Waals surface area contributed by atoms with Crippen molar-refractivity contribution in [2.24, 2.45) is 11.3 Å². The number of aliphatic hydroxyl groups excluding tert-OH is 1. The molecule has 0 fully saturated rings. The molecule has 1 aromatic carbocycles. The summed E-state index contributed by atoms with van der Waals surface area (Å²) in [5.74, 6) is 0.929. The Hall–Kier alpha value is -1.53. The fourth-order valence-electron chi connectivity index (χ4n) is 2.48. The molecule has 18 heavy (non-hydrogen) atoms. The van der Waals surface area contributed by atoms with E-state index in [-0.39, 0.29) is 12.5 Å². The molecule has 0 bridgehead atoms. The van der Waals surface area contributed by atoms with Gasteiger partial charge in [-0.1, -0.05) is 38.5 Å². The molecule has 3 unspecified atom stereocenters. The van der Waals surface area contributed by atoms with Crippen LogP contribution in [-0.4, -0.2) is 17.8 Å². The highest BCUT2D eigenvalue weighted by Crippen LogP contribution is 2.39. The fraction of sp³-hybridized carbons (Fsp3) is 0.533. The van der Waals surface area contributed by atoms with Crippen molar-refractivity contribution >= 4 is 0 Å². The van der Waals surface area contributed by atoms with Crippen LogP contribution in [0.3, 0.4) is 0 Å². The molecule has 0 spiro atoms. The number of rotatable bonds is 3. The van der Waals surface area contributed by atoms with Gasteiger partial charge in [0.25, 0.3) is 0 Å². The van der Waals surface area contributed by atoms with Gasteiger partial charge in [0.1, 0.15) is 17.8 Å². The van der Waals surface area contributed by atoms with Crippen LogP contribution in [0.1, 0.15) is 25.8 Å². The Labute approximate surface area is 108 Å². The first-order valence-electron chi connectivity index (χ1n) is 6.43. The number of ether oxygens (including phenoxy) is 1. The second-order valence-electron chi connectivity index (χ2n) is 5.17. The van der Waals surface area contributed by atoms with Crippen molar-refractivity contribution in [3.8, 4) is 11.8 Å². The van der Waals surface area contributed by atoms with E-state index in [2.05, 4.69) is 6.07 Å². The van der Waals surface area contributed by atoms with Crippen molar-refractivity contribution in [3.63, 3.8) is 0 Å². The Morgan fingerprint density at radius 3 is 2.89 bits per heavy atom. The third-order valence-electron chi connectivity index (χ3n) is 3.94. The van der Waals surface area contributed by atoms with E-state index in [1.807, 2.05) is 38.1 Å². The molecule has 3 nitrogen and oxygen atoms in total. The highest BCUT2D eigenvalue weighted by molar-refractivity contribution is 5.38. The third kappa shape index (κ3) is 2.09. The molecule has 3 atom stereocenters. The number of fused-ring (bicyclic) bond motifs is 1. The molecule has 0 amide bonds. The van der Waals surface area contributed by atoms with Gasteiger partial charge in [-0.15, -0.1) is 0 Å². The van der Waals surface area contributed by atoms with Gasteiger partial charge < -0.3 is 9.84 Å². The van der Waals surface area contributed by atoms with Gasteiger partial charge in [-0.2, -0.15) is 5.26 Å². The van der Waals surface area contributed by atoms with Crippen LogP contribution >= 0.6 is 0 Å². The molecule has 1 aromatic rings. The zero-order chi connectivity index (χ0) is 13.2. The second kappa shape index (κ2) is 4.99. The van der Waals surface area contributed by atoms with Crippen molar-refractivity contribution in [3.05, 3.63) is 29.8 Å². The van der Waals surface area contributed by atoms with E-state index in [1.54, 1.807) is 0 Å². The summed E-state index contributed by atoms with van der Waals surface area (Å²) in [7, 11) is 0. The van der Waals surface area contributed by atoms with Crippen LogP contribution < -0.4 is 4.74 Å². The zero-order valence-corrected chi connectivity index (χ0v) is 10.9. The first kappa shape index (κ1) is 12.9. The quantitative estimate of drug-likeness (QED) is 0.890. The number of para-hydroxylation sites is 1. The minimum absolute atomic E-state index is 0.0958. The molecule has 2 rings (SSSR count). The predicted molar refractivity (Wildman–Crippen MR) is 69.1 cm³/mol. The molecular weight excluding hydrogens is 226 g/mol. The summed E-state index contributed by atoms with van der Waals surface area (Å²) in [5, 5.41) is 19.9. The number of aliphatic hydroxyl groups is 1. The standard InChI is InChI=1S/C15H19NO2/c1-3-11(2)14(17)15(9-16)8-12-6-4-5-7-13(12)18-10-15/h4-7,11,14,17H,3,8,10H2,1-2H3. The lowest BCUT2D eigenvalue weighted by Gasteiger charge is -2.38. The summed E-state index contributed by atoms with van der Waals surface area (Å²) in [4.78, 5) is 0. The summed E-state index contributed by atoms with van der Waals surface area (Å²) < 4.78 is 5.66. The number of hydrogen-bond donors (Lipinski definition) is 1. The van der Waals surface area contributed by atoms with Crippen molar-refractivity contribution in [2.75, 3.05) is 6.61 Å². The molecule has 1 heterocycles. The van der Waals surface area contributed by atoms with E-state index in [9.17, 15) is 10.4 Å². The van der Waals surface area contributed by atoms with E-state index >= 15 is 0 Å². The maximum atomic E-state index is 10.4. The lowest BCUT2D eigenvalue weighted by molar-refractivity contribution is -0.0160. The van der Waals surface area contributed by atoms with Gasteiger partial charge in [0.15, 0.2) is 0 Å². The number of nitrogens with zero attached hydrogens (tertiary/aromatic N) is 1. The lowest BCUT2D eigenvalue weighted by Crippen LogP contribution is -2.46. The third-order valence-corrected chi connectivity index (χ3v) is 3.94. The van der Waals surface area contributed by atoms with Crippen molar-refractivity contribution in [2.45, 2.75) is 32.8 Å². The van der Waals surface area contributed by atoms with Crippen LogP contribution in [0, 0.1) is 22.7 Å². The Kier molecular flexibility index (Phi) is 3.58. The zero-order valence-electron chi connectivity index (χ0n) is 10.9. The van der Waals surface area contributed by atoms with E-state index < -0.39 is 11.5 Å². The van der Waals surface area contributed by atoms with Crippen molar-refractivity contribution in [1.29, 1.82) is 5.26 Å². The van der Waals surface area contributed by atoms with Gasteiger partial charge in [0.05, 0.1) is 12.2 Å². The topological polar surface area (TPSA) is 53.2 Å². The molecule has 0 aliphatic carbocycles. The van der Waals surface area contributed by atoms with Gasteiger partial charge in [0.2, 0.25) is 0 Å². The maximum Gasteiger partial charge on any atom is 0.122 e. The summed E-state index contributed by atoms with van der Waals surface area (Å²) in [6, 6.07) is 10.0. The average molecular weight is 245 g/mol. The Bertz CT molecular complexity index is 466. The number of nitriles is 1. The minimum Gasteiger partial charge on any atom is -0.492 e. The second-order valence-corrected chi connectivity index (χ2v) is 5.17. The highest BCUT2D eigenvalue weighted by atomic mass is 16.5. The molecule has 1 aliphatic rings. The molecule has 1 aliphatic heterocycles. The van der Waals surface area contributed by atoms with Crippen LogP contribution in [0.15, 0.2) is 24.3 Å². The Morgan fingerprint density at radius 1 is 1.50 bits per heavy atom. The van der Waals surface area contributed by atoms with Crippen LogP contribution in [0.25, 0.3) is 0 Å². The van der Waals surface area contributed by atoms with Crippen LogP contribution in [0.4, 0.5) is 0 Å². The fourth-order valence-corrected chi connectivity index (χ4v) is 2.48. The van der Waals surface area contributed by atoms with Crippen LogP contribution in [0.2, 0.25) is 0 Å². The van der Waals surface area contributed by atoms with Gasteiger partial charge in [-0.05, 0) is 17.5 Å². The average Bonchev–Trinajstić information content (AvgIpc) is 2.45. The molecule has 96 valence electrons. The molecule has 0 saturated carbocycles. The van der Waals surface area contributed by atoms with E-state index in [1.165, 1.54) is 0 Å². The van der Waals surface area contributed by atoms with Gasteiger partial charge in [-0.3, -0.25) is 0 Å². The van der Waals surface area contributed by atoms with E-state index in [4.69, 9.17) is 4.74 Å². The van der Waals surface area contributed by atoms with Gasteiger partial charge >= 0.3 is 0 Å². The monoisotopic (exact) mass is 245 g/mol. The van der Waals surface area contributed by atoms with Crippen LogP contribution in [0.5, 0.6) is 5.75 Å².